The SMILES string of the molecule is N[C@@H](Cc1cnc[nH]1)C(=O)O.N[C@@H](Cc1cnc[nH]1)C(=O)O.O.O.[Zn]. The monoisotopic (exact) mass is 410 g/mol. The number of carbonyl (C=O) groups is 2. The van der Waals surface area contributed by atoms with Crippen molar-refractivity contribution in [1.82, 2.24) is 19.9 Å². The van der Waals surface area contributed by atoms with Gasteiger partial charge in [-0.05, 0) is 0 Å². The first-order valence-electron chi connectivity index (χ1n) is 6.31. The topological polar surface area (TPSA) is 247 Å². The van der Waals surface area contributed by atoms with Gasteiger partial charge in [0.05, 0.1) is 12.7 Å². The number of nitrogens with zero attached hydrogens (tertiary/aromatic N) is 2. The molecular weight excluding hydrogens is 390 g/mol. The Kier molecular flexibility index (Phi) is 15.7. The Bertz CT molecular complexity index is 527. The summed E-state index contributed by atoms with van der Waals surface area (Å²) in [5.74, 6) is -2.00. The number of nitrogens with one attached hydrogen (secondary N) is 2. The summed E-state index contributed by atoms with van der Waals surface area (Å²) in [5.41, 5.74) is 12.0. The van der Waals surface area contributed by atoms with E-state index in [9.17, 15) is 9.59 Å². The summed E-state index contributed by atoms with van der Waals surface area (Å²) in [7, 11) is 0. The van der Waals surface area contributed by atoms with Gasteiger partial charge in [0.15, 0.2) is 0 Å². The van der Waals surface area contributed by atoms with Crippen molar-refractivity contribution in [2.75, 3.05) is 0 Å². The van der Waals surface area contributed by atoms with Crippen LogP contribution in [-0.4, -0.2) is 65.1 Å². The van der Waals surface area contributed by atoms with E-state index in [2.05, 4.69) is 19.9 Å². The van der Waals surface area contributed by atoms with Crippen LogP contribution in [0.15, 0.2) is 25.0 Å². The normalized spacial score (nSPS) is 11.3. The summed E-state index contributed by atoms with van der Waals surface area (Å²) in [4.78, 5) is 33.5. The standard InChI is InChI=1S/2C6H9N3O2.2H2O.Zn/c2*7-5(6(10)11)1-4-2-8-3-9-4;;;/h2*2-3,5H,1,7H2,(H,8,9)(H,10,11);2*1H2;/t2*5-;;;/m00.../s1. The van der Waals surface area contributed by atoms with Crippen LogP contribution in [0.5, 0.6) is 0 Å². The molecule has 12 nitrogen and oxygen atoms in total. The van der Waals surface area contributed by atoms with Gasteiger partial charge in [0.1, 0.15) is 12.1 Å². The van der Waals surface area contributed by atoms with Gasteiger partial charge in [-0.15, -0.1) is 0 Å². The number of carboxylic acids is 2. The first-order valence-corrected chi connectivity index (χ1v) is 6.31. The summed E-state index contributed by atoms with van der Waals surface area (Å²) in [6.07, 6.45) is 6.67. The molecule has 2 heterocycles. The summed E-state index contributed by atoms with van der Waals surface area (Å²) in [5, 5.41) is 16.8. The van der Waals surface area contributed by atoms with Crippen molar-refractivity contribution in [2.24, 2.45) is 11.5 Å². The van der Waals surface area contributed by atoms with Crippen LogP contribution in [0.4, 0.5) is 0 Å². The molecule has 0 fully saturated rings. The van der Waals surface area contributed by atoms with Crippen molar-refractivity contribution >= 4 is 11.9 Å². The summed E-state index contributed by atoms with van der Waals surface area (Å²) < 4.78 is 0. The average Bonchev–Trinajstić information content (AvgIpc) is 3.12. The first-order chi connectivity index (χ1) is 10.4. The number of aliphatic carboxylic acids is 2. The molecule has 12 N–H and O–H groups in total. The number of hydrogen-bond donors (Lipinski definition) is 6. The molecule has 2 aromatic rings. The number of rotatable bonds is 6. The molecule has 2 rings (SSSR count). The Hall–Kier alpha value is -2.18. The van der Waals surface area contributed by atoms with Crippen molar-refractivity contribution in [3.63, 3.8) is 0 Å². The third-order valence-corrected chi connectivity index (χ3v) is 2.62. The zero-order valence-corrected chi connectivity index (χ0v) is 16.3. The predicted molar refractivity (Wildman–Crippen MR) is 83.0 cm³/mol. The zero-order chi connectivity index (χ0) is 16.5. The van der Waals surface area contributed by atoms with Gasteiger partial charge in [-0.25, -0.2) is 9.97 Å². The molecule has 0 saturated heterocycles. The molecule has 0 saturated carbocycles. The van der Waals surface area contributed by atoms with Crippen LogP contribution in [-0.2, 0) is 41.9 Å². The van der Waals surface area contributed by atoms with Gasteiger partial charge in [0.25, 0.3) is 0 Å². The van der Waals surface area contributed by atoms with Crippen molar-refractivity contribution in [2.45, 2.75) is 24.9 Å². The average molecular weight is 412 g/mol. The maximum Gasteiger partial charge on any atom is 0.320 e. The number of aromatic amines is 2. The number of nitrogens with two attached hydrogens (primary N) is 2. The second-order valence-corrected chi connectivity index (χ2v) is 4.45. The van der Waals surface area contributed by atoms with Crippen LogP contribution in [0.3, 0.4) is 0 Å². The minimum absolute atomic E-state index is 0. The van der Waals surface area contributed by atoms with Crippen LogP contribution >= 0.6 is 0 Å². The first kappa shape index (κ1) is 27.7. The Morgan fingerprint density at radius 1 is 0.920 bits per heavy atom. The maximum atomic E-state index is 10.3. The van der Waals surface area contributed by atoms with Gasteiger partial charge in [-0.2, -0.15) is 0 Å². The number of carboxylic acid groups (broad SMARTS) is 2. The van der Waals surface area contributed by atoms with Crippen LogP contribution in [0.2, 0.25) is 0 Å². The van der Waals surface area contributed by atoms with Crippen LogP contribution in [0.25, 0.3) is 0 Å². The quantitative estimate of drug-likeness (QED) is 0.268. The second kappa shape index (κ2) is 14.2. The third-order valence-electron chi connectivity index (χ3n) is 2.62. The Morgan fingerprint density at radius 3 is 1.44 bits per heavy atom. The van der Waals surface area contributed by atoms with Crippen LogP contribution < -0.4 is 11.5 Å². The molecule has 0 aliphatic heterocycles. The van der Waals surface area contributed by atoms with E-state index in [1.807, 2.05) is 0 Å². The Morgan fingerprint density at radius 2 is 1.24 bits per heavy atom. The van der Waals surface area contributed by atoms with E-state index in [-0.39, 0.29) is 43.3 Å². The van der Waals surface area contributed by atoms with Crippen LogP contribution in [0.1, 0.15) is 11.4 Å². The van der Waals surface area contributed by atoms with Crippen molar-refractivity contribution in [3.8, 4) is 0 Å². The molecule has 13 heteroatoms. The summed E-state index contributed by atoms with van der Waals surface area (Å²) in [6, 6.07) is -1.70. The van der Waals surface area contributed by atoms with E-state index in [0.717, 1.165) is 11.4 Å². The van der Waals surface area contributed by atoms with E-state index in [1.54, 1.807) is 12.4 Å². The largest absolute Gasteiger partial charge is 0.480 e. The van der Waals surface area contributed by atoms with E-state index in [1.165, 1.54) is 12.7 Å². The fourth-order valence-corrected chi connectivity index (χ4v) is 1.44. The number of H-pyrrole nitrogens is 2. The Labute approximate surface area is 155 Å². The molecule has 0 aliphatic rings. The minimum Gasteiger partial charge on any atom is -0.480 e. The molecule has 25 heavy (non-hydrogen) atoms. The molecule has 138 valence electrons. The smallest absolute Gasteiger partial charge is 0.320 e. The van der Waals surface area contributed by atoms with Crippen molar-refractivity contribution < 1.29 is 50.2 Å². The Balaban J connectivity index is -0.000000346. The summed E-state index contributed by atoms with van der Waals surface area (Å²) in [6.45, 7) is 0. The maximum absolute atomic E-state index is 10.3. The molecule has 0 amide bonds. The van der Waals surface area contributed by atoms with Crippen molar-refractivity contribution in [3.05, 3.63) is 36.4 Å². The number of aromatic nitrogens is 4. The summed E-state index contributed by atoms with van der Waals surface area (Å²) >= 11 is 0. The molecule has 2 aromatic heterocycles. The van der Waals surface area contributed by atoms with Gasteiger partial charge < -0.3 is 42.6 Å². The van der Waals surface area contributed by atoms with Gasteiger partial charge in [-0.3, -0.25) is 9.59 Å². The fourth-order valence-electron chi connectivity index (χ4n) is 1.44. The minimum atomic E-state index is -1.00. The molecule has 0 aromatic carbocycles. The number of hydrogen-bond acceptors (Lipinski definition) is 6. The van der Waals surface area contributed by atoms with E-state index in [0.29, 0.717) is 0 Å². The molecule has 0 radical (unpaired) electrons. The molecule has 0 spiro atoms. The van der Waals surface area contributed by atoms with Crippen LogP contribution in [0, 0.1) is 0 Å². The third kappa shape index (κ3) is 11.1. The van der Waals surface area contributed by atoms with Gasteiger partial charge in [0.2, 0.25) is 0 Å². The van der Waals surface area contributed by atoms with E-state index < -0.39 is 24.0 Å². The van der Waals surface area contributed by atoms with Gasteiger partial charge >= 0.3 is 11.9 Å². The van der Waals surface area contributed by atoms with Crippen molar-refractivity contribution in [1.29, 1.82) is 0 Å². The molecule has 0 bridgehead atoms. The molecule has 0 unspecified atom stereocenters. The second-order valence-electron chi connectivity index (χ2n) is 4.45. The molecule has 0 aliphatic carbocycles. The molecular formula is C12H22N6O6Zn. The predicted octanol–water partition coefficient (Wildman–Crippen LogP) is -2.92. The van der Waals surface area contributed by atoms with E-state index >= 15 is 0 Å². The zero-order valence-electron chi connectivity index (χ0n) is 13.3. The van der Waals surface area contributed by atoms with Gasteiger partial charge in [-0.1, -0.05) is 0 Å². The molecule has 2 atom stereocenters. The van der Waals surface area contributed by atoms with E-state index in [4.69, 9.17) is 21.7 Å². The number of imidazole rings is 2. The fraction of sp³-hybridized carbons (Fsp3) is 0.333. The van der Waals surface area contributed by atoms with Gasteiger partial charge in [0, 0.05) is 56.1 Å².